The summed E-state index contributed by atoms with van der Waals surface area (Å²) in [6, 6.07) is 69.7. The Morgan fingerprint density at radius 1 is 0.200 bits per heavy atom. The van der Waals surface area contributed by atoms with Gasteiger partial charge in [0, 0.05) is 49.9 Å². The summed E-state index contributed by atoms with van der Waals surface area (Å²) in [6.07, 6.45) is 0. The fourth-order valence-electron chi connectivity index (χ4n) is 12.9. The molecule has 0 aliphatic carbocycles. The van der Waals surface area contributed by atoms with Crippen molar-refractivity contribution in [3.8, 4) is 33.4 Å². The lowest BCUT2D eigenvalue weighted by Crippen LogP contribution is -2.35. The van der Waals surface area contributed by atoms with Crippen molar-refractivity contribution in [1.29, 1.82) is 0 Å². The van der Waals surface area contributed by atoms with Gasteiger partial charge in [0.15, 0.2) is 0 Å². The molecule has 0 saturated heterocycles. The number of benzene rings is 10. The molecule has 6 aliphatic heterocycles. The Balaban J connectivity index is 1.15. The molecular formula is C57H33N3. The molecule has 16 rings (SSSR count). The second-order valence-corrected chi connectivity index (χ2v) is 17.4. The Morgan fingerprint density at radius 3 is 0.783 bits per heavy atom. The Labute approximate surface area is 346 Å². The van der Waals surface area contributed by atoms with Gasteiger partial charge in [-0.05, 0) is 103 Å². The number of hydrogen-bond acceptors (Lipinski definition) is 3. The number of nitrogens with zero attached hydrogens (tertiary/aromatic N) is 3. The van der Waals surface area contributed by atoms with Crippen LogP contribution in [0.5, 0.6) is 0 Å². The summed E-state index contributed by atoms with van der Waals surface area (Å²) in [7, 11) is 0. The summed E-state index contributed by atoms with van der Waals surface area (Å²) in [5, 5.41) is 8.39. The predicted molar refractivity (Wildman–Crippen MR) is 247 cm³/mol. The average molecular weight is 760 g/mol. The van der Waals surface area contributed by atoms with Crippen LogP contribution in [0.2, 0.25) is 0 Å². The molecule has 0 amide bonds. The molecule has 6 heterocycles. The molecule has 0 radical (unpaired) electrons. The Kier molecular flexibility index (Phi) is 5.24. The number of anilines is 6. The molecule has 0 fully saturated rings. The van der Waals surface area contributed by atoms with Crippen LogP contribution in [0, 0.1) is 0 Å². The summed E-state index contributed by atoms with van der Waals surface area (Å²) >= 11 is 0. The SMILES string of the molecule is c1ccc2c(c1)-c1ccccc1N1c3ccc4c5c3c3c(ccc6c3c3c(ccc(c53)N3c5ccccc5-c5ccccc5C43)C3c4ccccc4-c4ccccc4N63)C21. The monoisotopic (exact) mass is 759 g/mol. The van der Waals surface area contributed by atoms with E-state index in [1.54, 1.807) is 0 Å². The molecule has 10 aromatic rings. The van der Waals surface area contributed by atoms with E-state index in [2.05, 4.69) is 197 Å². The minimum Gasteiger partial charge on any atom is -0.329 e. The van der Waals surface area contributed by atoms with Crippen LogP contribution in [0.25, 0.3) is 65.7 Å². The quantitative estimate of drug-likeness (QED) is 0.143. The highest BCUT2D eigenvalue weighted by atomic mass is 15.2. The number of hydrogen-bond donors (Lipinski definition) is 0. The fourth-order valence-corrected chi connectivity index (χ4v) is 12.9. The van der Waals surface area contributed by atoms with Gasteiger partial charge in [0.1, 0.15) is 0 Å². The molecule has 10 aromatic carbocycles. The Bertz CT molecular complexity index is 3020. The first kappa shape index (κ1) is 30.5. The number of para-hydroxylation sites is 3. The molecule has 276 valence electrons. The van der Waals surface area contributed by atoms with E-state index in [9.17, 15) is 0 Å². The fraction of sp³-hybridized carbons (Fsp3) is 0.0526. The first-order valence-corrected chi connectivity index (χ1v) is 21.3. The largest absolute Gasteiger partial charge is 0.329 e. The normalized spacial score (nSPS) is 18.4. The molecule has 3 unspecified atom stereocenters. The van der Waals surface area contributed by atoms with Crippen molar-refractivity contribution in [3.05, 3.63) is 215 Å². The summed E-state index contributed by atoms with van der Waals surface area (Å²) in [6.45, 7) is 0. The van der Waals surface area contributed by atoms with E-state index in [4.69, 9.17) is 0 Å². The van der Waals surface area contributed by atoms with Crippen LogP contribution in [-0.4, -0.2) is 0 Å². The van der Waals surface area contributed by atoms with Gasteiger partial charge in [-0.15, -0.1) is 0 Å². The summed E-state index contributed by atoms with van der Waals surface area (Å²) < 4.78 is 0. The molecule has 0 spiro atoms. The van der Waals surface area contributed by atoms with Gasteiger partial charge in [0.2, 0.25) is 0 Å². The topological polar surface area (TPSA) is 9.72 Å². The van der Waals surface area contributed by atoms with Crippen LogP contribution < -0.4 is 14.7 Å². The molecule has 3 heteroatoms. The van der Waals surface area contributed by atoms with E-state index in [1.165, 1.54) is 133 Å². The van der Waals surface area contributed by atoms with Gasteiger partial charge in [-0.25, -0.2) is 0 Å². The second-order valence-electron chi connectivity index (χ2n) is 17.4. The third kappa shape index (κ3) is 3.29. The lowest BCUT2D eigenvalue weighted by Gasteiger charge is -2.50. The van der Waals surface area contributed by atoms with Crippen molar-refractivity contribution < 1.29 is 0 Å². The molecule has 0 saturated carbocycles. The van der Waals surface area contributed by atoms with Gasteiger partial charge in [-0.3, -0.25) is 0 Å². The van der Waals surface area contributed by atoms with Crippen LogP contribution in [0.4, 0.5) is 34.1 Å². The maximum atomic E-state index is 2.69. The van der Waals surface area contributed by atoms with E-state index < -0.39 is 0 Å². The molecule has 0 N–H and O–H groups in total. The zero-order valence-corrected chi connectivity index (χ0v) is 32.4. The summed E-state index contributed by atoms with van der Waals surface area (Å²) in [4.78, 5) is 8.06. The van der Waals surface area contributed by atoms with Crippen molar-refractivity contribution in [3.63, 3.8) is 0 Å². The first-order chi connectivity index (χ1) is 29.8. The maximum Gasteiger partial charge on any atom is 0.0857 e. The average Bonchev–Trinajstić information content (AvgIpc) is 3.32. The van der Waals surface area contributed by atoms with Gasteiger partial charge in [-0.2, -0.15) is 0 Å². The minimum absolute atomic E-state index is 0.0320. The number of rotatable bonds is 0. The highest BCUT2D eigenvalue weighted by molar-refractivity contribution is 6.38. The van der Waals surface area contributed by atoms with Crippen LogP contribution in [-0.2, 0) is 0 Å². The molecule has 60 heavy (non-hydrogen) atoms. The Morgan fingerprint density at radius 2 is 0.467 bits per heavy atom. The minimum atomic E-state index is 0.0320. The van der Waals surface area contributed by atoms with E-state index in [0.717, 1.165) is 0 Å². The van der Waals surface area contributed by atoms with Gasteiger partial charge in [-0.1, -0.05) is 146 Å². The van der Waals surface area contributed by atoms with E-state index >= 15 is 0 Å². The molecule has 0 bridgehead atoms. The van der Waals surface area contributed by atoms with Crippen LogP contribution in [0.1, 0.15) is 51.5 Å². The van der Waals surface area contributed by atoms with Crippen LogP contribution in [0.15, 0.2) is 182 Å². The molecule has 0 aromatic heterocycles. The van der Waals surface area contributed by atoms with Crippen molar-refractivity contribution in [2.75, 3.05) is 14.7 Å². The van der Waals surface area contributed by atoms with E-state index in [0.29, 0.717) is 0 Å². The summed E-state index contributed by atoms with van der Waals surface area (Å²) in [5.74, 6) is 0. The molecule has 3 atom stereocenters. The Hall–Kier alpha value is -7.62. The lowest BCUT2D eigenvalue weighted by molar-refractivity contribution is 0.796. The highest BCUT2D eigenvalue weighted by Gasteiger charge is 2.47. The van der Waals surface area contributed by atoms with Crippen LogP contribution >= 0.6 is 0 Å². The molecule has 6 aliphatic rings. The van der Waals surface area contributed by atoms with Gasteiger partial charge >= 0.3 is 0 Å². The molecular weight excluding hydrogens is 727 g/mol. The second kappa shape index (κ2) is 10.3. The zero-order chi connectivity index (χ0) is 38.5. The zero-order valence-electron chi connectivity index (χ0n) is 32.4. The third-order valence-corrected chi connectivity index (χ3v) is 15.0. The van der Waals surface area contributed by atoms with Crippen molar-refractivity contribution in [2.45, 2.75) is 18.1 Å². The standard InChI is InChI=1S/C57H33N3/c1-4-19-37-31(13-1)34-16-7-10-22-43(34)58-46-29-26-41-50-52(46)49-40(55(37)58)25-28-47-53(49)51-42(57-39-21-6-3-14-32(39)35-17-8-11-23-44(35)59(47)57)27-30-48(54(50)51)60-45-24-12-9-18-36(45)33-15-2-5-20-38(33)56(41)60/h1-30,55-57H. The van der Waals surface area contributed by atoms with Crippen molar-refractivity contribution >= 4 is 66.4 Å². The first-order valence-electron chi connectivity index (χ1n) is 21.3. The molecule has 3 nitrogen and oxygen atoms in total. The number of fused-ring (bicyclic) bond motifs is 24. The highest BCUT2D eigenvalue weighted by Crippen LogP contribution is 2.67. The van der Waals surface area contributed by atoms with Gasteiger partial charge in [0.05, 0.1) is 35.2 Å². The van der Waals surface area contributed by atoms with Crippen LogP contribution in [0.3, 0.4) is 0 Å². The smallest absolute Gasteiger partial charge is 0.0857 e. The lowest BCUT2D eigenvalue weighted by atomic mass is 9.71. The summed E-state index contributed by atoms with van der Waals surface area (Å²) in [5.41, 5.74) is 23.9. The van der Waals surface area contributed by atoms with E-state index in [-0.39, 0.29) is 18.1 Å². The maximum absolute atomic E-state index is 2.69. The third-order valence-electron chi connectivity index (χ3n) is 15.0. The van der Waals surface area contributed by atoms with Gasteiger partial charge < -0.3 is 14.7 Å². The predicted octanol–water partition coefficient (Wildman–Crippen LogP) is 14.8. The van der Waals surface area contributed by atoms with E-state index in [1.807, 2.05) is 0 Å². The van der Waals surface area contributed by atoms with Crippen molar-refractivity contribution in [1.82, 2.24) is 0 Å². The van der Waals surface area contributed by atoms with Gasteiger partial charge in [0.25, 0.3) is 0 Å². The van der Waals surface area contributed by atoms with Crippen molar-refractivity contribution in [2.24, 2.45) is 0 Å².